The number of rotatable bonds is 7. The first kappa shape index (κ1) is 22.9. The quantitative estimate of drug-likeness (QED) is 0.518. The lowest BCUT2D eigenvalue weighted by Gasteiger charge is -2.26. The average Bonchev–Trinajstić information content (AvgIpc) is 3.22. The molecular weight excluding hydrogens is 445 g/mol. The van der Waals surface area contributed by atoms with Crippen molar-refractivity contribution in [3.63, 3.8) is 0 Å². The van der Waals surface area contributed by atoms with Gasteiger partial charge < -0.3 is 9.88 Å². The Hall–Kier alpha value is -3.30. The molecule has 33 heavy (non-hydrogen) atoms. The third-order valence-electron chi connectivity index (χ3n) is 5.75. The van der Waals surface area contributed by atoms with Crippen LogP contribution in [-0.4, -0.2) is 49.6 Å². The van der Waals surface area contributed by atoms with E-state index in [1.54, 1.807) is 11.0 Å². The molecule has 0 atom stereocenters. The van der Waals surface area contributed by atoms with Crippen molar-refractivity contribution in [1.29, 1.82) is 0 Å². The molecule has 1 aromatic heterocycles. The molecule has 0 radical (unpaired) electrons. The minimum atomic E-state index is -3.77. The largest absolute Gasteiger partial charge is 0.360 e. The molecule has 0 aliphatic carbocycles. The predicted molar refractivity (Wildman–Crippen MR) is 124 cm³/mol. The first-order valence-electron chi connectivity index (χ1n) is 10.6. The summed E-state index contributed by atoms with van der Waals surface area (Å²) in [6.07, 6.45) is 4.53. The molecule has 0 saturated carbocycles. The highest BCUT2D eigenvalue weighted by Gasteiger charge is 2.21. The molecule has 0 bridgehead atoms. The molecule has 2 heterocycles. The van der Waals surface area contributed by atoms with Gasteiger partial charge in [0.1, 0.15) is 5.82 Å². The van der Waals surface area contributed by atoms with Crippen molar-refractivity contribution in [3.8, 4) is 0 Å². The Labute approximate surface area is 191 Å². The molecule has 172 valence electrons. The van der Waals surface area contributed by atoms with Crippen molar-refractivity contribution in [2.75, 3.05) is 19.6 Å². The van der Waals surface area contributed by atoms with Gasteiger partial charge in [-0.15, -0.1) is 0 Å². The molecule has 1 amide bonds. The average molecular weight is 470 g/mol. The van der Waals surface area contributed by atoms with E-state index in [2.05, 4.69) is 9.71 Å². The highest BCUT2D eigenvalue weighted by Crippen LogP contribution is 2.29. The number of aromatic nitrogens is 1. The number of halogens is 1. The lowest BCUT2D eigenvalue weighted by molar-refractivity contribution is -0.130. The van der Waals surface area contributed by atoms with Crippen molar-refractivity contribution in [3.05, 3.63) is 71.7 Å². The number of hydrogen-bond donors (Lipinski definition) is 2. The van der Waals surface area contributed by atoms with E-state index in [0.717, 1.165) is 22.0 Å². The second kappa shape index (κ2) is 9.29. The number of H-pyrrole nitrogens is 1. The predicted octanol–water partition coefficient (Wildman–Crippen LogP) is 3.49. The number of sulfonamides is 1. The Bertz CT molecular complexity index is 1340. The summed E-state index contributed by atoms with van der Waals surface area (Å²) in [5.74, 6) is -0.579. The Morgan fingerprint density at radius 1 is 1.15 bits per heavy atom. The van der Waals surface area contributed by atoms with Crippen molar-refractivity contribution < 1.29 is 22.4 Å². The third kappa shape index (κ3) is 5.04. The van der Waals surface area contributed by atoms with Crippen LogP contribution in [-0.2, 0) is 14.8 Å². The SMILES string of the molecule is CC(=O)c1ccc(S(=O)(=O)NCCC(=O)N2CC=C(c3c[nH]c4cc(F)ccc34)CC2)cc1. The van der Waals surface area contributed by atoms with Crippen LogP contribution in [0.4, 0.5) is 4.39 Å². The van der Waals surface area contributed by atoms with Crippen molar-refractivity contribution in [2.24, 2.45) is 0 Å². The Morgan fingerprint density at radius 3 is 2.58 bits per heavy atom. The summed E-state index contributed by atoms with van der Waals surface area (Å²) in [7, 11) is -3.77. The summed E-state index contributed by atoms with van der Waals surface area (Å²) < 4.78 is 40.7. The van der Waals surface area contributed by atoms with Gasteiger partial charge in [0.2, 0.25) is 15.9 Å². The minimum absolute atomic E-state index is 0.0172. The molecule has 0 spiro atoms. The number of fused-ring (bicyclic) bond motifs is 1. The lowest BCUT2D eigenvalue weighted by atomic mass is 9.99. The molecule has 0 fully saturated rings. The second-order valence-electron chi connectivity index (χ2n) is 7.94. The van der Waals surface area contributed by atoms with Gasteiger partial charge in [-0.2, -0.15) is 0 Å². The molecule has 1 aliphatic heterocycles. The number of hydrogen-bond acceptors (Lipinski definition) is 4. The van der Waals surface area contributed by atoms with E-state index < -0.39 is 10.0 Å². The minimum Gasteiger partial charge on any atom is -0.360 e. The van der Waals surface area contributed by atoms with Crippen LogP contribution in [0.1, 0.15) is 35.7 Å². The fourth-order valence-corrected chi connectivity index (χ4v) is 4.94. The standard InChI is InChI=1S/C24H24FN3O4S/c1-16(29)17-2-5-20(6-3-17)33(31,32)27-11-8-24(30)28-12-9-18(10-13-28)22-15-26-23-14-19(25)4-7-21(22)23/h2-7,9,14-15,26-27H,8,10-13H2,1H3. The lowest BCUT2D eigenvalue weighted by Crippen LogP contribution is -2.37. The van der Waals surface area contributed by atoms with Gasteiger partial charge in [0.05, 0.1) is 4.90 Å². The Morgan fingerprint density at radius 2 is 1.91 bits per heavy atom. The van der Waals surface area contributed by atoms with Crippen LogP contribution >= 0.6 is 0 Å². The molecule has 2 N–H and O–H groups in total. The number of Topliss-reactive ketones (excluding diaryl/α,β-unsaturated/α-hetero) is 1. The van der Waals surface area contributed by atoms with Crippen LogP contribution in [0.3, 0.4) is 0 Å². The highest BCUT2D eigenvalue weighted by molar-refractivity contribution is 7.89. The fourth-order valence-electron chi connectivity index (χ4n) is 3.91. The van der Waals surface area contributed by atoms with Crippen molar-refractivity contribution >= 4 is 38.2 Å². The Balaban J connectivity index is 1.32. The van der Waals surface area contributed by atoms with E-state index in [4.69, 9.17) is 0 Å². The van der Waals surface area contributed by atoms with Gasteiger partial charge >= 0.3 is 0 Å². The number of carbonyl (C=O) groups excluding carboxylic acids is 2. The number of nitrogens with one attached hydrogen (secondary N) is 2. The molecule has 4 rings (SSSR count). The maximum Gasteiger partial charge on any atom is 0.240 e. The zero-order valence-electron chi connectivity index (χ0n) is 18.1. The molecule has 0 unspecified atom stereocenters. The summed E-state index contributed by atoms with van der Waals surface area (Å²) in [5, 5.41) is 0.938. The van der Waals surface area contributed by atoms with Gasteiger partial charge in [-0.1, -0.05) is 18.2 Å². The number of amides is 1. The smallest absolute Gasteiger partial charge is 0.240 e. The topological polar surface area (TPSA) is 99.3 Å². The molecule has 3 aromatic rings. The third-order valence-corrected chi connectivity index (χ3v) is 7.23. The summed E-state index contributed by atoms with van der Waals surface area (Å²) in [6, 6.07) is 10.3. The van der Waals surface area contributed by atoms with Crippen LogP contribution in [0.25, 0.3) is 16.5 Å². The van der Waals surface area contributed by atoms with Crippen LogP contribution in [0.15, 0.2) is 59.6 Å². The molecule has 1 aliphatic rings. The summed E-state index contributed by atoms with van der Waals surface area (Å²) in [5.41, 5.74) is 3.25. The number of ketones is 1. The number of benzene rings is 2. The first-order valence-corrected chi connectivity index (χ1v) is 12.1. The molecule has 0 saturated heterocycles. The molecule has 9 heteroatoms. The van der Waals surface area contributed by atoms with Gasteiger partial charge in [0.25, 0.3) is 0 Å². The van der Waals surface area contributed by atoms with E-state index >= 15 is 0 Å². The number of nitrogens with zero attached hydrogens (tertiary/aromatic N) is 1. The van der Waals surface area contributed by atoms with Crippen LogP contribution in [0.2, 0.25) is 0 Å². The second-order valence-corrected chi connectivity index (χ2v) is 9.71. The van der Waals surface area contributed by atoms with Crippen LogP contribution in [0, 0.1) is 5.82 Å². The number of aromatic amines is 1. The number of carbonyl (C=O) groups is 2. The zero-order chi connectivity index (χ0) is 23.6. The molecular formula is C24H24FN3O4S. The summed E-state index contributed by atoms with van der Waals surface area (Å²) >= 11 is 0. The highest BCUT2D eigenvalue weighted by atomic mass is 32.2. The van der Waals surface area contributed by atoms with Gasteiger partial charge in [-0.05, 0) is 49.2 Å². The van der Waals surface area contributed by atoms with Crippen LogP contribution in [0.5, 0.6) is 0 Å². The van der Waals surface area contributed by atoms with E-state index in [1.807, 2.05) is 12.3 Å². The maximum atomic E-state index is 13.4. The van der Waals surface area contributed by atoms with Gasteiger partial charge in [0.15, 0.2) is 5.78 Å². The normalized spacial score (nSPS) is 14.4. The van der Waals surface area contributed by atoms with Crippen molar-refractivity contribution in [1.82, 2.24) is 14.6 Å². The van der Waals surface area contributed by atoms with Gasteiger partial charge in [0, 0.05) is 54.3 Å². The summed E-state index contributed by atoms with van der Waals surface area (Å²) in [4.78, 5) is 28.7. The fraction of sp³-hybridized carbons (Fsp3) is 0.250. The van der Waals surface area contributed by atoms with E-state index in [1.165, 1.54) is 43.3 Å². The van der Waals surface area contributed by atoms with E-state index in [-0.39, 0.29) is 35.4 Å². The first-order chi connectivity index (χ1) is 15.7. The van der Waals surface area contributed by atoms with Crippen molar-refractivity contribution in [2.45, 2.75) is 24.7 Å². The van der Waals surface area contributed by atoms with Crippen LogP contribution < -0.4 is 4.72 Å². The molecule has 7 nitrogen and oxygen atoms in total. The Kier molecular flexibility index (Phi) is 6.44. The van der Waals surface area contributed by atoms with Gasteiger partial charge in [-0.3, -0.25) is 9.59 Å². The van der Waals surface area contributed by atoms with E-state index in [9.17, 15) is 22.4 Å². The summed E-state index contributed by atoms with van der Waals surface area (Å²) in [6.45, 7) is 2.35. The zero-order valence-corrected chi connectivity index (χ0v) is 18.9. The van der Waals surface area contributed by atoms with E-state index in [0.29, 0.717) is 25.1 Å². The monoisotopic (exact) mass is 469 g/mol. The van der Waals surface area contributed by atoms with Gasteiger partial charge in [-0.25, -0.2) is 17.5 Å². The maximum absolute atomic E-state index is 13.4. The molecule has 2 aromatic carbocycles.